The summed E-state index contributed by atoms with van der Waals surface area (Å²) in [5, 5.41) is 2.04. The summed E-state index contributed by atoms with van der Waals surface area (Å²) in [5.41, 5.74) is 5.74. The highest BCUT2D eigenvalue weighted by molar-refractivity contribution is 7.09. The molecule has 0 spiro atoms. The molecule has 1 amide bonds. The van der Waals surface area contributed by atoms with Crippen LogP contribution in [-0.2, 0) is 11.3 Å². The molecular formula is C14H24N2OS. The summed E-state index contributed by atoms with van der Waals surface area (Å²) in [4.78, 5) is 15.1. The topological polar surface area (TPSA) is 46.3 Å². The van der Waals surface area contributed by atoms with E-state index in [0.29, 0.717) is 19.5 Å². The molecule has 0 aliphatic carbocycles. The molecule has 1 heterocycles. The van der Waals surface area contributed by atoms with Gasteiger partial charge in [-0.3, -0.25) is 4.79 Å². The van der Waals surface area contributed by atoms with Crippen LogP contribution in [0.1, 0.15) is 38.0 Å². The van der Waals surface area contributed by atoms with Crippen molar-refractivity contribution in [2.24, 2.45) is 11.1 Å². The first-order chi connectivity index (χ1) is 8.44. The van der Waals surface area contributed by atoms with Gasteiger partial charge >= 0.3 is 0 Å². The van der Waals surface area contributed by atoms with Gasteiger partial charge in [0.1, 0.15) is 0 Å². The molecule has 18 heavy (non-hydrogen) atoms. The Morgan fingerprint density at radius 1 is 1.44 bits per heavy atom. The highest BCUT2D eigenvalue weighted by atomic mass is 32.1. The van der Waals surface area contributed by atoms with Crippen molar-refractivity contribution in [3.8, 4) is 0 Å². The second-order valence-corrected chi connectivity index (χ2v) is 6.56. The maximum absolute atomic E-state index is 12.0. The van der Waals surface area contributed by atoms with Crippen LogP contribution in [0.4, 0.5) is 0 Å². The fourth-order valence-electron chi connectivity index (χ4n) is 1.88. The molecule has 0 aliphatic rings. The maximum Gasteiger partial charge on any atom is 0.222 e. The van der Waals surface area contributed by atoms with Gasteiger partial charge in [-0.1, -0.05) is 19.9 Å². The van der Waals surface area contributed by atoms with Crippen molar-refractivity contribution in [1.29, 1.82) is 0 Å². The lowest BCUT2D eigenvalue weighted by Gasteiger charge is -2.25. The van der Waals surface area contributed by atoms with Crippen molar-refractivity contribution < 1.29 is 4.79 Å². The monoisotopic (exact) mass is 268 g/mol. The van der Waals surface area contributed by atoms with E-state index < -0.39 is 0 Å². The lowest BCUT2D eigenvalue weighted by atomic mass is 9.84. The molecule has 0 radical (unpaired) electrons. The van der Waals surface area contributed by atoms with E-state index in [1.54, 1.807) is 11.3 Å². The number of amides is 1. The molecular weight excluding hydrogens is 244 g/mol. The summed E-state index contributed by atoms with van der Waals surface area (Å²) < 4.78 is 0. The minimum atomic E-state index is 0.161. The minimum absolute atomic E-state index is 0.161. The summed E-state index contributed by atoms with van der Waals surface area (Å²) in [6, 6.07) is 4.08. The third kappa shape index (κ3) is 5.19. The van der Waals surface area contributed by atoms with Crippen molar-refractivity contribution in [3.63, 3.8) is 0 Å². The number of hydrogen-bond acceptors (Lipinski definition) is 3. The summed E-state index contributed by atoms with van der Waals surface area (Å²) in [5.74, 6) is 0.216. The molecule has 3 nitrogen and oxygen atoms in total. The largest absolute Gasteiger partial charge is 0.341 e. The molecule has 0 saturated carbocycles. The molecule has 0 bridgehead atoms. The van der Waals surface area contributed by atoms with Crippen LogP contribution in [0.5, 0.6) is 0 Å². The lowest BCUT2D eigenvalue weighted by molar-refractivity contribution is -0.131. The fourth-order valence-corrected chi connectivity index (χ4v) is 2.63. The van der Waals surface area contributed by atoms with Gasteiger partial charge in [0.15, 0.2) is 0 Å². The first-order valence-electron chi connectivity index (χ1n) is 6.41. The van der Waals surface area contributed by atoms with Crippen molar-refractivity contribution in [3.05, 3.63) is 22.4 Å². The fraction of sp³-hybridized carbons (Fsp3) is 0.643. The number of rotatable bonds is 7. The van der Waals surface area contributed by atoms with E-state index in [2.05, 4.69) is 19.9 Å². The molecule has 0 unspecified atom stereocenters. The van der Waals surface area contributed by atoms with Crippen molar-refractivity contribution in [2.45, 2.75) is 39.7 Å². The number of nitrogens with zero attached hydrogens (tertiary/aromatic N) is 1. The SMILES string of the molecule is CN(Cc1cccs1)C(=O)CCC(C)(C)CCN. The molecule has 2 N–H and O–H groups in total. The van der Waals surface area contributed by atoms with Crippen LogP contribution in [0.3, 0.4) is 0 Å². The van der Waals surface area contributed by atoms with Gasteiger partial charge in [-0.25, -0.2) is 0 Å². The Balaban J connectivity index is 2.36. The lowest BCUT2D eigenvalue weighted by Crippen LogP contribution is -2.27. The minimum Gasteiger partial charge on any atom is -0.341 e. The second-order valence-electron chi connectivity index (χ2n) is 5.53. The average Bonchev–Trinajstić information content (AvgIpc) is 2.78. The van der Waals surface area contributed by atoms with E-state index in [0.717, 1.165) is 12.8 Å². The second kappa shape index (κ2) is 6.90. The number of nitrogens with two attached hydrogens (primary N) is 1. The van der Waals surface area contributed by atoms with Gasteiger partial charge in [-0.05, 0) is 36.2 Å². The van der Waals surface area contributed by atoms with E-state index in [-0.39, 0.29) is 11.3 Å². The Kier molecular flexibility index (Phi) is 5.82. The standard InChI is InChI=1S/C14H24N2OS/c1-14(2,8-9-15)7-6-13(17)16(3)11-12-5-4-10-18-12/h4-5,10H,6-9,11,15H2,1-3H3. The molecule has 0 atom stereocenters. The van der Waals surface area contributed by atoms with Gasteiger partial charge in [-0.2, -0.15) is 0 Å². The Labute approximate surface area is 114 Å². The Morgan fingerprint density at radius 2 is 2.17 bits per heavy atom. The summed E-state index contributed by atoms with van der Waals surface area (Å²) in [6.07, 6.45) is 2.47. The Morgan fingerprint density at radius 3 is 2.72 bits per heavy atom. The zero-order valence-electron chi connectivity index (χ0n) is 11.6. The van der Waals surface area contributed by atoms with Gasteiger partial charge in [-0.15, -0.1) is 11.3 Å². The Bertz CT molecular complexity index is 360. The van der Waals surface area contributed by atoms with Crippen molar-refractivity contribution in [2.75, 3.05) is 13.6 Å². The predicted molar refractivity (Wildman–Crippen MR) is 77.5 cm³/mol. The van der Waals surface area contributed by atoms with Gasteiger partial charge in [0.2, 0.25) is 5.91 Å². The van der Waals surface area contributed by atoms with Crippen LogP contribution < -0.4 is 5.73 Å². The van der Waals surface area contributed by atoms with Crippen LogP contribution in [0.15, 0.2) is 17.5 Å². The van der Waals surface area contributed by atoms with Crippen molar-refractivity contribution in [1.82, 2.24) is 4.90 Å². The number of carbonyl (C=O) groups is 1. The molecule has 1 aromatic heterocycles. The third-order valence-electron chi connectivity index (χ3n) is 3.24. The zero-order valence-corrected chi connectivity index (χ0v) is 12.4. The zero-order chi connectivity index (χ0) is 13.6. The van der Waals surface area contributed by atoms with Crippen LogP contribution in [-0.4, -0.2) is 24.4 Å². The van der Waals surface area contributed by atoms with E-state index in [9.17, 15) is 4.79 Å². The van der Waals surface area contributed by atoms with Gasteiger partial charge in [0.25, 0.3) is 0 Å². The molecule has 0 aliphatic heterocycles. The van der Waals surface area contributed by atoms with Gasteiger partial charge in [0, 0.05) is 18.3 Å². The molecule has 1 aromatic rings. The normalized spacial score (nSPS) is 11.6. The predicted octanol–water partition coefficient (Wildman–Crippen LogP) is 2.86. The maximum atomic E-state index is 12.0. The van der Waals surface area contributed by atoms with Gasteiger partial charge in [0.05, 0.1) is 6.54 Å². The van der Waals surface area contributed by atoms with E-state index in [1.807, 2.05) is 23.4 Å². The summed E-state index contributed by atoms with van der Waals surface area (Å²) in [7, 11) is 1.87. The van der Waals surface area contributed by atoms with Crippen LogP contribution in [0, 0.1) is 5.41 Å². The smallest absolute Gasteiger partial charge is 0.222 e. The molecule has 0 fully saturated rings. The number of hydrogen-bond donors (Lipinski definition) is 1. The summed E-state index contributed by atoms with van der Waals surface area (Å²) in [6.45, 7) is 5.75. The quantitative estimate of drug-likeness (QED) is 0.826. The van der Waals surface area contributed by atoms with Crippen molar-refractivity contribution >= 4 is 17.2 Å². The Hall–Kier alpha value is -0.870. The molecule has 0 saturated heterocycles. The van der Waals surface area contributed by atoms with Crippen LogP contribution in [0.25, 0.3) is 0 Å². The molecule has 1 rings (SSSR count). The molecule has 4 heteroatoms. The highest BCUT2D eigenvalue weighted by Crippen LogP contribution is 2.26. The van der Waals surface area contributed by atoms with E-state index in [4.69, 9.17) is 5.73 Å². The van der Waals surface area contributed by atoms with Gasteiger partial charge < -0.3 is 10.6 Å². The average molecular weight is 268 g/mol. The third-order valence-corrected chi connectivity index (χ3v) is 4.10. The number of thiophene rings is 1. The molecule has 0 aromatic carbocycles. The molecule has 102 valence electrons. The number of carbonyl (C=O) groups excluding carboxylic acids is 1. The van der Waals surface area contributed by atoms with Crippen LogP contribution in [0.2, 0.25) is 0 Å². The van der Waals surface area contributed by atoms with E-state index >= 15 is 0 Å². The first-order valence-corrected chi connectivity index (χ1v) is 7.29. The van der Waals surface area contributed by atoms with Crippen LogP contribution >= 0.6 is 11.3 Å². The summed E-state index contributed by atoms with van der Waals surface area (Å²) >= 11 is 1.69. The van der Waals surface area contributed by atoms with E-state index in [1.165, 1.54) is 4.88 Å². The highest BCUT2D eigenvalue weighted by Gasteiger charge is 2.19. The first kappa shape index (κ1) is 15.2.